The summed E-state index contributed by atoms with van der Waals surface area (Å²) in [6.07, 6.45) is 1.74. The summed E-state index contributed by atoms with van der Waals surface area (Å²) < 4.78 is 4.70. The lowest BCUT2D eigenvalue weighted by Crippen LogP contribution is -2.34. The Kier molecular flexibility index (Phi) is 2.39. The van der Waals surface area contributed by atoms with Crippen LogP contribution in [-0.2, 0) is 16.0 Å². The van der Waals surface area contributed by atoms with Crippen LogP contribution >= 0.6 is 0 Å². The van der Waals surface area contributed by atoms with E-state index in [1.165, 1.54) is 12.7 Å². The molecule has 1 aliphatic rings. The van der Waals surface area contributed by atoms with Crippen molar-refractivity contribution in [3.05, 3.63) is 29.8 Å². The van der Waals surface area contributed by atoms with Gasteiger partial charge < -0.3 is 10.1 Å². The number of anilines is 1. The van der Waals surface area contributed by atoms with Gasteiger partial charge in [0, 0.05) is 5.69 Å². The number of esters is 1. The summed E-state index contributed by atoms with van der Waals surface area (Å²) in [5, 5.41) is 3.17. The van der Waals surface area contributed by atoms with Gasteiger partial charge in [0.05, 0.1) is 7.11 Å². The predicted molar refractivity (Wildman–Crippen MR) is 54.2 cm³/mol. The zero-order valence-corrected chi connectivity index (χ0v) is 8.12. The topological polar surface area (TPSA) is 38.3 Å². The Morgan fingerprint density at radius 1 is 1.50 bits per heavy atom. The van der Waals surface area contributed by atoms with E-state index < -0.39 is 0 Å². The molecule has 1 N–H and O–H groups in total. The van der Waals surface area contributed by atoms with Gasteiger partial charge in [0.1, 0.15) is 6.04 Å². The normalized spacial score (nSPS) is 19.4. The van der Waals surface area contributed by atoms with Crippen LogP contribution in [0.25, 0.3) is 0 Å². The second-order valence-electron chi connectivity index (χ2n) is 3.42. The van der Waals surface area contributed by atoms with Crippen molar-refractivity contribution in [2.24, 2.45) is 0 Å². The third-order valence-corrected chi connectivity index (χ3v) is 2.54. The van der Waals surface area contributed by atoms with Gasteiger partial charge in [-0.05, 0) is 24.5 Å². The first-order chi connectivity index (χ1) is 6.81. The predicted octanol–water partition coefficient (Wildman–Crippen LogP) is 1.59. The second-order valence-corrected chi connectivity index (χ2v) is 3.42. The fourth-order valence-electron chi connectivity index (χ4n) is 1.76. The molecular formula is C11H13NO2. The molecule has 2 rings (SSSR count). The van der Waals surface area contributed by atoms with E-state index in [0.717, 1.165) is 18.5 Å². The maximum Gasteiger partial charge on any atom is 0.328 e. The smallest absolute Gasteiger partial charge is 0.328 e. The van der Waals surface area contributed by atoms with E-state index in [-0.39, 0.29) is 12.0 Å². The molecule has 0 bridgehead atoms. The molecule has 1 aromatic carbocycles. The second kappa shape index (κ2) is 3.70. The Labute approximate surface area is 83.1 Å². The summed E-state index contributed by atoms with van der Waals surface area (Å²) in [6, 6.07) is 7.86. The van der Waals surface area contributed by atoms with Crippen LogP contribution in [0, 0.1) is 0 Å². The first-order valence-electron chi connectivity index (χ1n) is 4.73. The Hall–Kier alpha value is -1.51. The summed E-state index contributed by atoms with van der Waals surface area (Å²) in [6.45, 7) is 0. The quantitative estimate of drug-likeness (QED) is 0.685. The third-order valence-electron chi connectivity index (χ3n) is 2.54. The highest BCUT2D eigenvalue weighted by molar-refractivity contribution is 5.80. The van der Waals surface area contributed by atoms with E-state index in [1.54, 1.807) is 0 Å². The van der Waals surface area contributed by atoms with Crippen molar-refractivity contribution in [1.29, 1.82) is 0 Å². The number of carbonyl (C=O) groups excluding carboxylic acids is 1. The van der Waals surface area contributed by atoms with Crippen LogP contribution < -0.4 is 5.32 Å². The van der Waals surface area contributed by atoms with Crippen LogP contribution in [0.3, 0.4) is 0 Å². The summed E-state index contributed by atoms with van der Waals surface area (Å²) >= 11 is 0. The Morgan fingerprint density at radius 2 is 2.29 bits per heavy atom. The number of methoxy groups -OCH3 is 1. The molecule has 3 nitrogen and oxygen atoms in total. The number of nitrogens with one attached hydrogen (secondary N) is 1. The lowest BCUT2D eigenvalue weighted by molar-refractivity contribution is -0.141. The first kappa shape index (κ1) is 9.06. The monoisotopic (exact) mass is 191 g/mol. The average Bonchev–Trinajstić information content (AvgIpc) is 2.27. The molecule has 3 heteroatoms. The van der Waals surface area contributed by atoms with E-state index in [0.29, 0.717) is 0 Å². The van der Waals surface area contributed by atoms with Crippen molar-refractivity contribution >= 4 is 11.7 Å². The molecule has 0 saturated carbocycles. The summed E-state index contributed by atoms with van der Waals surface area (Å²) in [5.74, 6) is -0.181. The molecule has 0 amide bonds. The van der Waals surface area contributed by atoms with Crippen LogP contribution in [0.4, 0.5) is 5.69 Å². The molecule has 1 aliphatic heterocycles. The molecule has 0 radical (unpaired) electrons. The van der Waals surface area contributed by atoms with Crippen molar-refractivity contribution < 1.29 is 9.53 Å². The molecule has 0 aliphatic carbocycles. The lowest BCUT2D eigenvalue weighted by Gasteiger charge is -2.24. The first-order valence-corrected chi connectivity index (χ1v) is 4.73. The average molecular weight is 191 g/mol. The van der Waals surface area contributed by atoms with E-state index in [9.17, 15) is 4.79 Å². The number of fused-ring (bicyclic) bond motifs is 1. The zero-order chi connectivity index (χ0) is 9.97. The van der Waals surface area contributed by atoms with E-state index in [2.05, 4.69) is 11.4 Å². The number of aryl methyl sites for hydroxylation is 1. The molecule has 0 aromatic heterocycles. The third kappa shape index (κ3) is 1.58. The highest BCUT2D eigenvalue weighted by atomic mass is 16.5. The van der Waals surface area contributed by atoms with Crippen molar-refractivity contribution in [1.82, 2.24) is 0 Å². The van der Waals surface area contributed by atoms with Gasteiger partial charge in [0.15, 0.2) is 0 Å². The molecule has 0 spiro atoms. The molecule has 0 unspecified atom stereocenters. The molecule has 14 heavy (non-hydrogen) atoms. The van der Waals surface area contributed by atoms with Gasteiger partial charge in [-0.15, -0.1) is 0 Å². The Bertz CT molecular complexity index is 349. The maximum absolute atomic E-state index is 11.3. The van der Waals surface area contributed by atoms with E-state index in [1.807, 2.05) is 18.2 Å². The minimum Gasteiger partial charge on any atom is -0.467 e. The van der Waals surface area contributed by atoms with E-state index >= 15 is 0 Å². The SMILES string of the molecule is COC(=O)[C@@H]1CCc2ccccc2N1. The molecule has 1 heterocycles. The number of hydrogen-bond donors (Lipinski definition) is 1. The molecule has 1 aromatic rings. The van der Waals surface area contributed by atoms with Crippen LogP contribution in [0.2, 0.25) is 0 Å². The van der Waals surface area contributed by atoms with Gasteiger partial charge in [0.25, 0.3) is 0 Å². The van der Waals surface area contributed by atoms with Crippen molar-refractivity contribution in [3.8, 4) is 0 Å². The van der Waals surface area contributed by atoms with Gasteiger partial charge in [-0.1, -0.05) is 18.2 Å². The minimum absolute atomic E-state index is 0.181. The van der Waals surface area contributed by atoms with Gasteiger partial charge in [-0.25, -0.2) is 4.79 Å². The zero-order valence-electron chi connectivity index (χ0n) is 8.12. The highest BCUT2D eigenvalue weighted by Crippen LogP contribution is 2.24. The number of rotatable bonds is 1. The van der Waals surface area contributed by atoms with Crippen LogP contribution in [0.15, 0.2) is 24.3 Å². The van der Waals surface area contributed by atoms with Crippen LogP contribution in [0.5, 0.6) is 0 Å². The Morgan fingerprint density at radius 3 is 3.07 bits per heavy atom. The van der Waals surface area contributed by atoms with Crippen molar-refractivity contribution in [3.63, 3.8) is 0 Å². The van der Waals surface area contributed by atoms with Gasteiger partial charge >= 0.3 is 5.97 Å². The summed E-state index contributed by atoms with van der Waals surface area (Å²) in [5.41, 5.74) is 2.32. The van der Waals surface area contributed by atoms with Crippen molar-refractivity contribution in [2.45, 2.75) is 18.9 Å². The number of benzene rings is 1. The molecule has 1 atom stereocenters. The fraction of sp³-hybridized carbons (Fsp3) is 0.364. The maximum atomic E-state index is 11.3. The summed E-state index contributed by atoms with van der Waals surface area (Å²) in [4.78, 5) is 11.3. The van der Waals surface area contributed by atoms with Gasteiger partial charge in [-0.3, -0.25) is 0 Å². The minimum atomic E-state index is -0.185. The number of hydrogen-bond acceptors (Lipinski definition) is 3. The van der Waals surface area contributed by atoms with Crippen LogP contribution in [-0.4, -0.2) is 19.1 Å². The highest BCUT2D eigenvalue weighted by Gasteiger charge is 2.23. The standard InChI is InChI=1S/C11H13NO2/c1-14-11(13)10-7-6-8-4-2-3-5-9(8)12-10/h2-5,10,12H,6-7H2,1H3/t10-/m0/s1. The number of ether oxygens (including phenoxy) is 1. The molecular weight excluding hydrogens is 178 g/mol. The lowest BCUT2D eigenvalue weighted by atomic mass is 9.98. The largest absolute Gasteiger partial charge is 0.467 e. The molecule has 74 valence electrons. The summed E-state index contributed by atoms with van der Waals surface area (Å²) in [7, 11) is 1.42. The van der Waals surface area contributed by atoms with Crippen molar-refractivity contribution in [2.75, 3.05) is 12.4 Å². The molecule has 0 fully saturated rings. The Balaban J connectivity index is 2.17. The molecule has 0 saturated heterocycles. The van der Waals surface area contributed by atoms with E-state index in [4.69, 9.17) is 4.74 Å². The number of para-hydroxylation sites is 1. The number of carbonyl (C=O) groups is 1. The van der Waals surface area contributed by atoms with Gasteiger partial charge in [0.2, 0.25) is 0 Å². The fourth-order valence-corrected chi connectivity index (χ4v) is 1.76. The van der Waals surface area contributed by atoms with Crippen LogP contribution in [0.1, 0.15) is 12.0 Å². The van der Waals surface area contributed by atoms with Gasteiger partial charge in [-0.2, -0.15) is 0 Å².